The van der Waals surface area contributed by atoms with E-state index in [1.807, 2.05) is 4.90 Å². The van der Waals surface area contributed by atoms with Crippen molar-refractivity contribution in [2.24, 2.45) is 0 Å². The Kier molecular flexibility index (Phi) is 28.7. The van der Waals surface area contributed by atoms with Crippen LogP contribution in [0.25, 0.3) is 0 Å². The van der Waals surface area contributed by atoms with Gasteiger partial charge in [0, 0.05) is 0 Å². The Morgan fingerprint density at radius 1 is 1.11 bits per heavy atom. The van der Waals surface area contributed by atoms with Crippen molar-refractivity contribution in [3.63, 3.8) is 0 Å². The molecule has 9 heavy (non-hydrogen) atoms. The first-order chi connectivity index (χ1) is 3.81. The van der Waals surface area contributed by atoms with Crippen LogP contribution in [0.15, 0.2) is 0 Å². The predicted octanol–water partition coefficient (Wildman–Crippen LogP) is 1.96. The summed E-state index contributed by atoms with van der Waals surface area (Å²) in [7, 11) is 3.71. The zero-order valence-electron chi connectivity index (χ0n) is 6.61. The summed E-state index contributed by atoms with van der Waals surface area (Å²) < 4.78 is 0. The van der Waals surface area contributed by atoms with E-state index >= 15 is 0 Å². The second-order valence-corrected chi connectivity index (χ2v) is 1.30. The third kappa shape index (κ3) is 17.7. The molecule has 0 saturated heterocycles. The van der Waals surface area contributed by atoms with Crippen LogP contribution in [0.5, 0.6) is 0 Å². The van der Waals surface area contributed by atoms with Gasteiger partial charge in [0.05, 0.1) is 0 Å². The number of hydrogen-bond donors (Lipinski definition) is 0. The van der Waals surface area contributed by atoms with Crippen molar-refractivity contribution >= 4 is 0 Å². The molecule has 0 aromatic heterocycles. The van der Waals surface area contributed by atoms with Crippen LogP contribution >= 0.6 is 0 Å². The maximum absolute atomic E-state index is 3.71. The maximum atomic E-state index is 3.71. The van der Waals surface area contributed by atoms with E-state index < -0.39 is 0 Å². The molecule has 1 nitrogen and oxygen atoms in total. The molecule has 2 heteroatoms. The van der Waals surface area contributed by atoms with Gasteiger partial charge in [0.25, 0.3) is 0 Å². The molecule has 0 aromatic rings. The molecule has 1 radical (unpaired) electrons. The molecule has 0 aliphatic heterocycles. The fourth-order valence-electron chi connectivity index (χ4n) is 0.224. The van der Waals surface area contributed by atoms with Gasteiger partial charge in [-0.2, -0.15) is 6.92 Å². The van der Waals surface area contributed by atoms with Gasteiger partial charge in [-0.25, -0.2) is 0 Å². The second-order valence-electron chi connectivity index (χ2n) is 1.30. The zero-order chi connectivity index (χ0) is 6.99. The molecule has 0 rings (SSSR count). The first-order valence-electron chi connectivity index (χ1n) is 3.07. The maximum Gasteiger partial charge on any atom is 2.00 e. The molecular weight excluding hydrogens is 201 g/mol. The van der Waals surface area contributed by atoms with Crippen molar-refractivity contribution in [3.05, 3.63) is 14.0 Å². The fraction of sp³-hybridized carbons (Fsp3) is 0.714. The zero-order valence-corrected chi connectivity index (χ0v) is 8.25. The van der Waals surface area contributed by atoms with Gasteiger partial charge >= 0.3 is 19.5 Å². The van der Waals surface area contributed by atoms with Crippen LogP contribution in [0.4, 0.5) is 0 Å². The van der Waals surface area contributed by atoms with Crippen molar-refractivity contribution in [1.29, 1.82) is 0 Å². The second kappa shape index (κ2) is 15.8. The van der Waals surface area contributed by atoms with E-state index in [2.05, 4.69) is 27.8 Å². The quantitative estimate of drug-likeness (QED) is 0.505. The van der Waals surface area contributed by atoms with Crippen molar-refractivity contribution in [1.82, 2.24) is 4.90 Å². The van der Waals surface area contributed by atoms with Gasteiger partial charge in [-0.15, -0.1) is 0 Å². The van der Waals surface area contributed by atoms with Crippen molar-refractivity contribution in [2.75, 3.05) is 13.1 Å². The summed E-state index contributed by atoms with van der Waals surface area (Å²) in [6.07, 6.45) is 0. The summed E-state index contributed by atoms with van der Waals surface area (Å²) in [5.41, 5.74) is 0. The van der Waals surface area contributed by atoms with Crippen LogP contribution in [-0.4, -0.2) is 18.0 Å². The van der Waals surface area contributed by atoms with Gasteiger partial charge in [0.15, 0.2) is 0 Å². The molecule has 0 unspecified atom stereocenters. The van der Waals surface area contributed by atoms with Gasteiger partial charge in [0.1, 0.15) is 0 Å². The van der Waals surface area contributed by atoms with Gasteiger partial charge in [-0.05, 0) is 13.1 Å². The van der Waals surface area contributed by atoms with E-state index in [0.717, 1.165) is 13.1 Å². The number of rotatable bonds is 2. The monoisotopic (exact) mass is 218 g/mol. The van der Waals surface area contributed by atoms with Crippen LogP contribution in [0, 0.1) is 14.0 Å². The Labute approximate surface area is 72.6 Å². The minimum absolute atomic E-state index is 0. The molecule has 0 aliphatic rings. The molecule has 0 amide bonds. The molecule has 59 valence electrons. The number of nitrogens with zero attached hydrogens (tertiary/aromatic N) is 1. The van der Waals surface area contributed by atoms with Gasteiger partial charge in [-0.1, -0.05) is 13.8 Å². The fourth-order valence-corrected chi connectivity index (χ4v) is 0.224. The van der Waals surface area contributed by atoms with Crippen LogP contribution < -0.4 is 0 Å². The summed E-state index contributed by atoms with van der Waals surface area (Å²) in [6.45, 7) is 11.3. The Morgan fingerprint density at radius 2 is 1.33 bits per heavy atom. The van der Waals surface area contributed by atoms with Crippen molar-refractivity contribution in [2.45, 2.75) is 20.8 Å². The molecule has 0 fully saturated rings. The summed E-state index contributed by atoms with van der Waals surface area (Å²) in [5.74, 6) is 0. The van der Waals surface area contributed by atoms with Crippen LogP contribution in [0.2, 0.25) is 0 Å². The molecule has 0 atom stereocenters. The molecule has 0 spiro atoms. The minimum atomic E-state index is 0. The van der Waals surface area contributed by atoms with Gasteiger partial charge < -0.3 is 11.8 Å². The molecule has 0 saturated carbocycles. The van der Waals surface area contributed by atoms with Crippen LogP contribution in [0.3, 0.4) is 0 Å². The Morgan fingerprint density at radius 3 is 1.33 bits per heavy atom. The summed E-state index contributed by atoms with van der Waals surface area (Å²) in [6, 6.07) is 0. The van der Waals surface area contributed by atoms with Crippen LogP contribution in [0.1, 0.15) is 20.8 Å². The molecule has 0 N–H and O–H groups in total. The molecule has 0 bridgehead atoms. The first kappa shape index (κ1) is 16.3. The Balaban J connectivity index is -0.000000109. The van der Waals surface area contributed by atoms with Crippen molar-refractivity contribution < 1.29 is 19.5 Å². The molecular formula is C7H17NRh. The smallest absolute Gasteiger partial charge is 0.460 e. The summed E-state index contributed by atoms with van der Waals surface area (Å²) in [4.78, 5) is 2.00. The predicted molar refractivity (Wildman–Crippen MR) is 39.3 cm³/mol. The Bertz CT molecular complexity index is 28.1. The van der Waals surface area contributed by atoms with Crippen molar-refractivity contribution in [3.8, 4) is 0 Å². The summed E-state index contributed by atoms with van der Waals surface area (Å²) >= 11 is 0. The SMILES string of the molecule is [CH2-]C.[CH2-]N(CC)CC.[Rh+2]. The topological polar surface area (TPSA) is 3.24 Å². The van der Waals surface area contributed by atoms with E-state index in [1.54, 1.807) is 6.92 Å². The molecule has 0 heterocycles. The average Bonchev–Trinajstić information content (AvgIpc) is 1.91. The molecule has 0 aromatic carbocycles. The van der Waals surface area contributed by atoms with Crippen LogP contribution in [-0.2, 0) is 19.5 Å². The standard InChI is InChI=1S/C5H12N.C2H5.Rh/c1-4-6(3)5-2;1-2;/h3-5H2,1-2H3;1H2,2H3;/q2*-1;+2. The normalized spacial score (nSPS) is 7.33. The third-order valence-corrected chi connectivity index (χ3v) is 0.894. The Hall–Kier alpha value is 0.583. The largest absolute Gasteiger partial charge is 2.00 e. The molecule has 0 aliphatic carbocycles. The minimum Gasteiger partial charge on any atom is -0.460 e. The van der Waals surface area contributed by atoms with Gasteiger partial charge in [0.2, 0.25) is 0 Å². The number of hydrogen-bond acceptors (Lipinski definition) is 1. The summed E-state index contributed by atoms with van der Waals surface area (Å²) in [5, 5.41) is 0. The average molecular weight is 218 g/mol. The third-order valence-electron chi connectivity index (χ3n) is 0.894. The van der Waals surface area contributed by atoms with E-state index in [1.165, 1.54) is 0 Å². The first-order valence-corrected chi connectivity index (χ1v) is 3.07. The van der Waals surface area contributed by atoms with E-state index in [9.17, 15) is 0 Å². The van der Waals surface area contributed by atoms with Gasteiger partial charge in [-0.3, -0.25) is 7.05 Å². The van der Waals surface area contributed by atoms with E-state index in [-0.39, 0.29) is 19.5 Å². The van der Waals surface area contributed by atoms with E-state index in [0.29, 0.717) is 0 Å². The van der Waals surface area contributed by atoms with E-state index in [4.69, 9.17) is 0 Å².